The van der Waals surface area contributed by atoms with Crippen LogP contribution in [-0.4, -0.2) is 41.6 Å². The van der Waals surface area contributed by atoms with E-state index in [2.05, 4.69) is 4.90 Å². The summed E-state index contributed by atoms with van der Waals surface area (Å²) < 4.78 is 5.79. The van der Waals surface area contributed by atoms with Crippen molar-refractivity contribution in [2.45, 2.75) is 32.2 Å². The molecule has 1 aliphatic heterocycles. The van der Waals surface area contributed by atoms with Gasteiger partial charge in [0, 0.05) is 29.4 Å². The summed E-state index contributed by atoms with van der Waals surface area (Å²) in [5.41, 5.74) is 1.28. The van der Waals surface area contributed by atoms with Gasteiger partial charge in [-0.05, 0) is 26.0 Å². The predicted molar refractivity (Wildman–Crippen MR) is 75.6 cm³/mol. The van der Waals surface area contributed by atoms with Crippen LogP contribution in [0.5, 0.6) is 0 Å². The topological polar surface area (TPSA) is 52.9 Å². The number of benzene rings is 1. The van der Waals surface area contributed by atoms with Gasteiger partial charge >= 0.3 is 0 Å². The number of halogens is 1. The first-order valence-electron chi connectivity index (χ1n) is 6.38. The smallest absolute Gasteiger partial charge is 0.0988 e. The van der Waals surface area contributed by atoms with Gasteiger partial charge in [-0.25, -0.2) is 0 Å². The van der Waals surface area contributed by atoms with Crippen LogP contribution in [0.25, 0.3) is 0 Å². The Morgan fingerprint density at radius 3 is 2.79 bits per heavy atom. The van der Waals surface area contributed by atoms with Crippen LogP contribution in [0.3, 0.4) is 0 Å². The van der Waals surface area contributed by atoms with E-state index in [0.29, 0.717) is 18.1 Å². The number of aliphatic hydroxyl groups excluding tert-OH is 2. The maximum Gasteiger partial charge on any atom is 0.0988 e. The second kappa shape index (κ2) is 5.67. The molecule has 1 saturated heterocycles. The van der Waals surface area contributed by atoms with Crippen molar-refractivity contribution >= 4 is 17.3 Å². The van der Waals surface area contributed by atoms with Crippen LogP contribution < -0.4 is 4.90 Å². The number of morpholine rings is 1. The monoisotopic (exact) mass is 285 g/mol. The largest absolute Gasteiger partial charge is 0.394 e. The SMILES string of the molecule is CC1(C)CN(c2cccc(Cl)c2CO)CC(CO)O1. The van der Waals surface area contributed by atoms with Gasteiger partial charge in [-0.1, -0.05) is 17.7 Å². The number of hydrogen-bond donors (Lipinski definition) is 2. The minimum absolute atomic E-state index is 0.0189. The van der Waals surface area contributed by atoms with Crippen molar-refractivity contribution in [3.05, 3.63) is 28.8 Å². The van der Waals surface area contributed by atoms with Crippen molar-refractivity contribution in [2.75, 3.05) is 24.6 Å². The molecule has 0 aromatic heterocycles. The van der Waals surface area contributed by atoms with Gasteiger partial charge in [0.25, 0.3) is 0 Å². The van der Waals surface area contributed by atoms with Gasteiger partial charge in [0.15, 0.2) is 0 Å². The van der Waals surface area contributed by atoms with Gasteiger partial charge in [0.1, 0.15) is 0 Å². The number of ether oxygens (including phenoxy) is 1. The Bertz CT molecular complexity index is 450. The third-order valence-corrected chi connectivity index (χ3v) is 3.63. The van der Waals surface area contributed by atoms with Crippen LogP contribution in [-0.2, 0) is 11.3 Å². The van der Waals surface area contributed by atoms with Crippen molar-refractivity contribution in [3.63, 3.8) is 0 Å². The van der Waals surface area contributed by atoms with Crippen molar-refractivity contribution in [1.29, 1.82) is 0 Å². The zero-order valence-electron chi connectivity index (χ0n) is 11.3. The van der Waals surface area contributed by atoms with Crippen LogP contribution in [0.4, 0.5) is 5.69 Å². The van der Waals surface area contributed by atoms with Crippen molar-refractivity contribution in [1.82, 2.24) is 0 Å². The molecule has 1 atom stereocenters. The minimum Gasteiger partial charge on any atom is -0.394 e. The van der Waals surface area contributed by atoms with E-state index in [1.165, 1.54) is 0 Å². The Hall–Kier alpha value is -0.810. The molecule has 1 aromatic carbocycles. The molecular formula is C14H20ClNO3. The Kier molecular flexibility index (Phi) is 4.36. The van der Waals surface area contributed by atoms with E-state index in [9.17, 15) is 10.2 Å². The fraction of sp³-hybridized carbons (Fsp3) is 0.571. The molecule has 0 aliphatic carbocycles. The van der Waals surface area contributed by atoms with Gasteiger partial charge in [-0.2, -0.15) is 0 Å². The molecule has 0 saturated carbocycles. The standard InChI is InChI=1S/C14H20ClNO3/c1-14(2)9-16(6-10(7-17)19-14)13-5-3-4-12(15)11(13)8-18/h3-5,10,17-18H,6-9H2,1-2H3. The first kappa shape index (κ1) is 14.6. The fourth-order valence-corrected chi connectivity index (χ4v) is 2.80. The van der Waals surface area contributed by atoms with Crippen LogP contribution in [0.1, 0.15) is 19.4 Å². The molecule has 19 heavy (non-hydrogen) atoms. The van der Waals surface area contributed by atoms with Gasteiger partial charge in [0.05, 0.1) is 24.9 Å². The lowest BCUT2D eigenvalue weighted by Gasteiger charge is -2.44. The molecule has 0 spiro atoms. The molecule has 106 valence electrons. The average Bonchev–Trinajstić information content (AvgIpc) is 2.36. The Morgan fingerprint density at radius 1 is 1.42 bits per heavy atom. The molecule has 1 fully saturated rings. The highest BCUT2D eigenvalue weighted by molar-refractivity contribution is 6.31. The van der Waals surface area contributed by atoms with Crippen molar-refractivity contribution in [2.24, 2.45) is 0 Å². The fourth-order valence-electron chi connectivity index (χ4n) is 2.57. The quantitative estimate of drug-likeness (QED) is 0.889. The molecule has 4 nitrogen and oxygen atoms in total. The first-order valence-corrected chi connectivity index (χ1v) is 6.76. The van der Waals surface area contributed by atoms with E-state index in [1.54, 1.807) is 6.07 Å². The van der Waals surface area contributed by atoms with E-state index < -0.39 is 0 Å². The second-order valence-electron chi connectivity index (χ2n) is 5.46. The van der Waals surface area contributed by atoms with E-state index in [0.717, 1.165) is 11.3 Å². The molecule has 5 heteroatoms. The lowest BCUT2D eigenvalue weighted by Crippen LogP contribution is -2.54. The van der Waals surface area contributed by atoms with E-state index >= 15 is 0 Å². The number of hydrogen-bond acceptors (Lipinski definition) is 4. The zero-order chi connectivity index (χ0) is 14.0. The highest BCUT2D eigenvalue weighted by Crippen LogP contribution is 2.32. The Morgan fingerprint density at radius 2 is 2.16 bits per heavy atom. The normalized spacial score (nSPS) is 22.6. The molecule has 1 aliphatic rings. The Balaban J connectivity index is 2.33. The van der Waals surface area contributed by atoms with Crippen molar-refractivity contribution < 1.29 is 14.9 Å². The lowest BCUT2D eigenvalue weighted by atomic mass is 10.0. The zero-order valence-corrected chi connectivity index (χ0v) is 12.0. The highest BCUT2D eigenvalue weighted by atomic mass is 35.5. The third kappa shape index (κ3) is 3.20. The van der Waals surface area contributed by atoms with Crippen LogP contribution >= 0.6 is 11.6 Å². The van der Waals surface area contributed by atoms with E-state index in [1.807, 2.05) is 26.0 Å². The summed E-state index contributed by atoms with van der Waals surface area (Å²) in [5, 5.41) is 19.4. The number of rotatable bonds is 3. The summed E-state index contributed by atoms with van der Waals surface area (Å²) in [4.78, 5) is 2.11. The lowest BCUT2D eigenvalue weighted by molar-refractivity contribution is -0.101. The van der Waals surface area contributed by atoms with E-state index in [-0.39, 0.29) is 24.9 Å². The summed E-state index contributed by atoms with van der Waals surface area (Å²) in [5.74, 6) is 0. The molecular weight excluding hydrogens is 266 g/mol. The number of nitrogens with zero attached hydrogens (tertiary/aromatic N) is 1. The van der Waals surface area contributed by atoms with Gasteiger partial charge in [0.2, 0.25) is 0 Å². The average molecular weight is 286 g/mol. The minimum atomic E-state index is -0.347. The predicted octanol–water partition coefficient (Wildman–Crippen LogP) is 1.81. The maximum atomic E-state index is 9.49. The van der Waals surface area contributed by atoms with Crippen LogP contribution in [0, 0.1) is 0 Å². The summed E-state index contributed by atoms with van der Waals surface area (Å²) in [6, 6.07) is 5.58. The molecule has 0 bridgehead atoms. The van der Waals surface area contributed by atoms with Gasteiger partial charge < -0.3 is 19.8 Å². The summed E-state index contributed by atoms with van der Waals surface area (Å²) in [6.45, 7) is 5.14. The Labute approximate surface area is 118 Å². The maximum absolute atomic E-state index is 9.49. The summed E-state index contributed by atoms with van der Waals surface area (Å²) >= 11 is 6.12. The summed E-state index contributed by atoms with van der Waals surface area (Å²) in [6.07, 6.45) is -0.228. The molecule has 1 heterocycles. The van der Waals surface area contributed by atoms with Gasteiger partial charge in [-0.3, -0.25) is 0 Å². The van der Waals surface area contributed by atoms with Crippen molar-refractivity contribution in [3.8, 4) is 0 Å². The summed E-state index contributed by atoms with van der Waals surface area (Å²) in [7, 11) is 0. The van der Waals surface area contributed by atoms with E-state index in [4.69, 9.17) is 16.3 Å². The molecule has 2 rings (SSSR count). The first-order chi connectivity index (χ1) is 8.96. The number of aliphatic hydroxyl groups is 2. The molecule has 1 unspecified atom stereocenters. The molecule has 0 amide bonds. The van der Waals surface area contributed by atoms with Crippen LogP contribution in [0.15, 0.2) is 18.2 Å². The third-order valence-electron chi connectivity index (χ3n) is 3.28. The molecule has 2 N–H and O–H groups in total. The molecule has 1 aromatic rings. The number of anilines is 1. The molecule has 0 radical (unpaired) electrons. The second-order valence-corrected chi connectivity index (χ2v) is 5.87. The van der Waals surface area contributed by atoms with Gasteiger partial charge in [-0.15, -0.1) is 0 Å². The van der Waals surface area contributed by atoms with Crippen LogP contribution in [0.2, 0.25) is 5.02 Å². The highest BCUT2D eigenvalue weighted by Gasteiger charge is 2.34.